The second-order valence-corrected chi connectivity index (χ2v) is 4.15. The third kappa shape index (κ3) is 3.64. The van der Waals surface area contributed by atoms with E-state index in [1.165, 1.54) is 4.90 Å². The van der Waals surface area contributed by atoms with Crippen LogP contribution in [-0.4, -0.2) is 28.8 Å². The van der Waals surface area contributed by atoms with E-state index in [0.29, 0.717) is 17.8 Å². The Balaban J connectivity index is 3.08. The van der Waals surface area contributed by atoms with E-state index in [1.807, 2.05) is 13.8 Å². The van der Waals surface area contributed by atoms with Gasteiger partial charge in [0.2, 0.25) is 0 Å². The van der Waals surface area contributed by atoms with Gasteiger partial charge in [0.05, 0.1) is 17.1 Å². The lowest BCUT2D eigenvalue weighted by molar-refractivity contribution is -0.608. The highest BCUT2D eigenvalue weighted by atomic mass is 16.6. The van der Waals surface area contributed by atoms with Crippen LogP contribution < -0.4 is 4.73 Å². The fourth-order valence-corrected chi connectivity index (χ4v) is 1.76. The van der Waals surface area contributed by atoms with Crippen LogP contribution in [0.15, 0.2) is 18.3 Å². The minimum Gasteiger partial charge on any atom is -0.618 e. The number of nitrogens with zero attached hydrogens (tertiary/aromatic N) is 3. The van der Waals surface area contributed by atoms with E-state index in [9.17, 15) is 20.1 Å². The largest absolute Gasteiger partial charge is 0.618 e. The zero-order valence-corrected chi connectivity index (χ0v) is 11.0. The van der Waals surface area contributed by atoms with Gasteiger partial charge in [-0.15, -0.1) is 0 Å². The Morgan fingerprint density at radius 1 is 1.37 bits per heavy atom. The second kappa shape index (κ2) is 6.67. The van der Waals surface area contributed by atoms with Gasteiger partial charge >= 0.3 is 5.91 Å². The molecule has 1 aromatic rings. The van der Waals surface area contributed by atoms with Gasteiger partial charge in [-0.05, 0) is 12.8 Å². The van der Waals surface area contributed by atoms with Crippen LogP contribution >= 0.6 is 0 Å². The normalized spacial score (nSPS) is 10.2. The molecular formula is C12H17N3O4. The topological polar surface area (TPSA) is 90.4 Å². The summed E-state index contributed by atoms with van der Waals surface area (Å²) < 4.78 is 0.369. The van der Waals surface area contributed by atoms with Crippen molar-refractivity contribution in [2.75, 3.05) is 13.1 Å². The Labute approximate surface area is 111 Å². The van der Waals surface area contributed by atoms with Crippen LogP contribution in [0.2, 0.25) is 0 Å². The number of carbonyl (C=O) groups is 1. The van der Waals surface area contributed by atoms with E-state index in [0.717, 1.165) is 31.2 Å². The van der Waals surface area contributed by atoms with Crippen molar-refractivity contribution in [1.82, 2.24) is 4.90 Å². The lowest BCUT2D eigenvalue weighted by Crippen LogP contribution is -2.42. The molecule has 0 saturated carbocycles. The summed E-state index contributed by atoms with van der Waals surface area (Å²) in [6.45, 7) is 4.90. The van der Waals surface area contributed by atoms with Crippen molar-refractivity contribution in [3.05, 3.63) is 39.3 Å². The number of hydrogen-bond acceptors (Lipinski definition) is 4. The summed E-state index contributed by atoms with van der Waals surface area (Å²) in [5.74, 6) is -0.470. The molecule has 0 radical (unpaired) electrons. The highest BCUT2D eigenvalue weighted by Gasteiger charge is 2.25. The Morgan fingerprint density at radius 3 is 2.42 bits per heavy atom. The minimum absolute atomic E-state index is 0.212. The highest BCUT2D eigenvalue weighted by molar-refractivity contribution is 5.91. The van der Waals surface area contributed by atoms with E-state index >= 15 is 0 Å². The van der Waals surface area contributed by atoms with Gasteiger partial charge in [0, 0.05) is 13.1 Å². The van der Waals surface area contributed by atoms with E-state index in [2.05, 4.69) is 0 Å². The molecule has 1 rings (SSSR count). The minimum atomic E-state index is -0.624. The van der Waals surface area contributed by atoms with Crippen molar-refractivity contribution in [3.63, 3.8) is 0 Å². The smallest absolute Gasteiger partial charge is 0.320 e. The first-order valence-corrected chi connectivity index (χ1v) is 6.18. The van der Waals surface area contributed by atoms with Crippen LogP contribution in [0.4, 0.5) is 5.69 Å². The van der Waals surface area contributed by atoms with Gasteiger partial charge in [-0.25, -0.2) is 0 Å². The van der Waals surface area contributed by atoms with Crippen molar-refractivity contribution >= 4 is 11.6 Å². The number of pyridine rings is 1. The molecule has 1 heterocycles. The van der Waals surface area contributed by atoms with Crippen LogP contribution in [0.1, 0.15) is 37.2 Å². The predicted molar refractivity (Wildman–Crippen MR) is 68.5 cm³/mol. The molecule has 0 unspecified atom stereocenters. The van der Waals surface area contributed by atoms with E-state index < -0.39 is 10.8 Å². The third-order valence-corrected chi connectivity index (χ3v) is 2.61. The molecule has 0 fully saturated rings. The first-order chi connectivity index (χ1) is 9.01. The van der Waals surface area contributed by atoms with Crippen molar-refractivity contribution in [3.8, 4) is 0 Å². The molecule has 0 spiro atoms. The number of carbonyl (C=O) groups excluding carboxylic acids is 1. The monoisotopic (exact) mass is 267 g/mol. The summed E-state index contributed by atoms with van der Waals surface area (Å²) in [7, 11) is 0. The average molecular weight is 267 g/mol. The van der Waals surface area contributed by atoms with E-state index in [1.54, 1.807) is 0 Å². The van der Waals surface area contributed by atoms with Gasteiger partial charge in [0.1, 0.15) is 0 Å². The first-order valence-electron chi connectivity index (χ1n) is 6.18. The Bertz CT molecular complexity index is 470. The van der Waals surface area contributed by atoms with E-state index in [-0.39, 0.29) is 11.4 Å². The molecular weight excluding hydrogens is 250 g/mol. The van der Waals surface area contributed by atoms with Gasteiger partial charge in [-0.3, -0.25) is 14.9 Å². The second-order valence-electron chi connectivity index (χ2n) is 4.15. The van der Waals surface area contributed by atoms with Crippen molar-refractivity contribution in [2.24, 2.45) is 0 Å². The number of amides is 1. The molecule has 0 N–H and O–H groups in total. The van der Waals surface area contributed by atoms with Crippen LogP contribution in [0.5, 0.6) is 0 Å². The van der Waals surface area contributed by atoms with Crippen LogP contribution in [-0.2, 0) is 0 Å². The van der Waals surface area contributed by atoms with Crippen LogP contribution in [0.25, 0.3) is 0 Å². The SMILES string of the molecule is CCCN(CCC)C(=O)c1cc([N+](=O)[O-])cc[n+]1[O-]. The predicted octanol–water partition coefficient (Wildman–Crippen LogP) is 1.49. The summed E-state index contributed by atoms with van der Waals surface area (Å²) in [4.78, 5) is 23.8. The fraction of sp³-hybridized carbons (Fsp3) is 0.500. The Hall–Kier alpha value is -2.18. The number of aromatic nitrogens is 1. The summed E-state index contributed by atoms with van der Waals surface area (Å²) in [6, 6.07) is 2.10. The van der Waals surface area contributed by atoms with E-state index in [4.69, 9.17) is 0 Å². The standard InChI is InChI=1S/C12H17N3O4/c1-3-6-13(7-4-2)12(16)11-9-10(15(18)19)5-8-14(11)17/h5,8-9H,3-4,6-7H2,1-2H3. The maximum atomic E-state index is 12.2. The summed E-state index contributed by atoms with van der Waals surface area (Å²) in [5, 5.41) is 22.3. The maximum Gasteiger partial charge on any atom is 0.320 e. The average Bonchev–Trinajstić information content (AvgIpc) is 2.38. The summed E-state index contributed by atoms with van der Waals surface area (Å²) in [5.41, 5.74) is -0.473. The zero-order chi connectivity index (χ0) is 14.4. The molecule has 0 aliphatic heterocycles. The fourth-order valence-electron chi connectivity index (χ4n) is 1.76. The highest BCUT2D eigenvalue weighted by Crippen LogP contribution is 2.11. The zero-order valence-electron chi connectivity index (χ0n) is 11.0. The van der Waals surface area contributed by atoms with Crippen molar-refractivity contribution in [2.45, 2.75) is 26.7 Å². The van der Waals surface area contributed by atoms with Gasteiger partial charge in [-0.2, -0.15) is 4.73 Å². The lowest BCUT2D eigenvalue weighted by atomic mass is 10.2. The van der Waals surface area contributed by atoms with Crippen molar-refractivity contribution < 1.29 is 14.4 Å². The molecule has 0 atom stereocenters. The molecule has 7 nitrogen and oxygen atoms in total. The molecule has 19 heavy (non-hydrogen) atoms. The van der Waals surface area contributed by atoms with Crippen LogP contribution in [0.3, 0.4) is 0 Å². The Kier molecular flexibility index (Phi) is 5.23. The number of nitro groups is 1. The molecule has 104 valence electrons. The molecule has 1 amide bonds. The number of hydrogen-bond donors (Lipinski definition) is 0. The summed E-state index contributed by atoms with van der Waals surface area (Å²) in [6.07, 6.45) is 2.51. The molecule has 0 saturated heterocycles. The molecule has 0 aliphatic rings. The molecule has 0 aromatic carbocycles. The first kappa shape index (κ1) is 14.9. The molecule has 1 aromatic heterocycles. The third-order valence-electron chi connectivity index (χ3n) is 2.61. The molecule has 7 heteroatoms. The Morgan fingerprint density at radius 2 is 1.95 bits per heavy atom. The van der Waals surface area contributed by atoms with Gasteiger partial charge in [0.15, 0.2) is 6.20 Å². The van der Waals surface area contributed by atoms with Gasteiger partial charge in [-0.1, -0.05) is 13.8 Å². The lowest BCUT2D eigenvalue weighted by Gasteiger charge is -2.20. The molecule has 0 bridgehead atoms. The maximum absolute atomic E-state index is 12.2. The van der Waals surface area contributed by atoms with Gasteiger partial charge in [0.25, 0.3) is 11.4 Å². The number of rotatable bonds is 6. The quantitative estimate of drug-likeness (QED) is 0.338. The molecule has 0 aliphatic carbocycles. The van der Waals surface area contributed by atoms with Crippen molar-refractivity contribution in [1.29, 1.82) is 0 Å². The summed E-state index contributed by atoms with van der Waals surface area (Å²) >= 11 is 0. The van der Waals surface area contributed by atoms with Crippen LogP contribution in [0, 0.1) is 15.3 Å². The van der Waals surface area contributed by atoms with Gasteiger partial charge < -0.3 is 10.1 Å².